The van der Waals surface area contributed by atoms with Crippen molar-refractivity contribution in [3.8, 4) is 22.9 Å². The van der Waals surface area contributed by atoms with E-state index in [1.165, 1.54) is 11.8 Å². The minimum absolute atomic E-state index is 0.111. The van der Waals surface area contributed by atoms with Crippen molar-refractivity contribution < 1.29 is 19.0 Å². The largest absolute Gasteiger partial charge is 0.494 e. The van der Waals surface area contributed by atoms with Gasteiger partial charge in [0.25, 0.3) is 0 Å². The average molecular weight is 442 g/mol. The summed E-state index contributed by atoms with van der Waals surface area (Å²) in [6.45, 7) is 4.42. The van der Waals surface area contributed by atoms with Crippen LogP contribution in [-0.4, -0.2) is 51.7 Å². The molecule has 1 N–H and O–H groups in total. The lowest BCUT2D eigenvalue weighted by molar-refractivity contribution is -0.113. The summed E-state index contributed by atoms with van der Waals surface area (Å²) in [4.78, 5) is 12.7. The van der Waals surface area contributed by atoms with Crippen molar-refractivity contribution in [1.82, 2.24) is 20.2 Å². The Hall–Kier alpha value is -3.27. The Balaban J connectivity index is 1.47. The molecule has 0 saturated carbocycles. The zero-order valence-electron chi connectivity index (χ0n) is 17.5. The average Bonchev–Trinajstić information content (AvgIpc) is 3.37. The summed E-state index contributed by atoms with van der Waals surface area (Å²) in [5.41, 5.74) is 2.37. The molecule has 9 nitrogen and oxygen atoms in total. The molecule has 2 aromatic carbocycles. The summed E-state index contributed by atoms with van der Waals surface area (Å²) in [6, 6.07) is 11.2. The number of benzene rings is 2. The fourth-order valence-corrected chi connectivity index (χ4v) is 4.04. The van der Waals surface area contributed by atoms with Crippen LogP contribution in [0.4, 0.5) is 5.69 Å². The molecule has 0 saturated heterocycles. The van der Waals surface area contributed by atoms with Gasteiger partial charge in [0.15, 0.2) is 0 Å². The molecule has 0 bridgehead atoms. The van der Waals surface area contributed by atoms with Gasteiger partial charge in [0, 0.05) is 18.1 Å². The second-order valence-corrected chi connectivity index (χ2v) is 7.85. The molecule has 0 radical (unpaired) electrons. The SMILES string of the molecule is CCOc1cc2c(cc1NC(=O)CSc1nnnn1-c1ccccc1OC)O[C@H](C)C2. The zero-order chi connectivity index (χ0) is 21.8. The van der Waals surface area contributed by atoms with E-state index in [1.807, 2.05) is 50.2 Å². The van der Waals surface area contributed by atoms with Gasteiger partial charge in [-0.3, -0.25) is 4.79 Å². The number of para-hydroxylation sites is 2. The first-order valence-electron chi connectivity index (χ1n) is 9.89. The fourth-order valence-electron chi connectivity index (χ4n) is 3.35. The number of anilines is 1. The highest BCUT2D eigenvalue weighted by molar-refractivity contribution is 7.99. The lowest BCUT2D eigenvalue weighted by Crippen LogP contribution is -2.15. The third-order valence-electron chi connectivity index (χ3n) is 4.66. The normalized spacial score (nSPS) is 14.6. The van der Waals surface area contributed by atoms with Crippen molar-refractivity contribution >= 4 is 23.4 Å². The lowest BCUT2D eigenvalue weighted by Gasteiger charge is -2.13. The van der Waals surface area contributed by atoms with Gasteiger partial charge in [-0.25, -0.2) is 0 Å². The van der Waals surface area contributed by atoms with E-state index in [1.54, 1.807) is 11.8 Å². The molecule has 1 aromatic heterocycles. The summed E-state index contributed by atoms with van der Waals surface area (Å²) in [5.74, 6) is 1.96. The summed E-state index contributed by atoms with van der Waals surface area (Å²) in [7, 11) is 1.58. The van der Waals surface area contributed by atoms with Gasteiger partial charge in [0.2, 0.25) is 11.1 Å². The maximum Gasteiger partial charge on any atom is 0.234 e. The number of thioether (sulfide) groups is 1. The molecule has 0 fully saturated rings. The topological polar surface area (TPSA) is 100 Å². The zero-order valence-corrected chi connectivity index (χ0v) is 18.3. The van der Waals surface area contributed by atoms with Crippen molar-refractivity contribution in [2.75, 3.05) is 24.8 Å². The van der Waals surface area contributed by atoms with E-state index in [-0.39, 0.29) is 17.8 Å². The number of fused-ring (bicyclic) bond motifs is 1. The minimum Gasteiger partial charge on any atom is -0.494 e. The number of methoxy groups -OCH3 is 1. The van der Waals surface area contributed by atoms with Gasteiger partial charge in [-0.2, -0.15) is 4.68 Å². The smallest absolute Gasteiger partial charge is 0.234 e. The van der Waals surface area contributed by atoms with Crippen LogP contribution < -0.4 is 19.5 Å². The molecule has 1 atom stereocenters. The molecule has 3 aromatic rings. The van der Waals surface area contributed by atoms with Gasteiger partial charge < -0.3 is 19.5 Å². The van der Waals surface area contributed by atoms with Crippen molar-refractivity contribution in [1.29, 1.82) is 0 Å². The Morgan fingerprint density at radius 3 is 2.97 bits per heavy atom. The second-order valence-electron chi connectivity index (χ2n) is 6.90. The van der Waals surface area contributed by atoms with Gasteiger partial charge in [-0.1, -0.05) is 23.9 Å². The van der Waals surface area contributed by atoms with E-state index in [9.17, 15) is 4.79 Å². The van der Waals surface area contributed by atoms with E-state index in [0.717, 1.165) is 17.7 Å². The minimum atomic E-state index is -0.202. The predicted molar refractivity (Wildman–Crippen MR) is 116 cm³/mol. The third kappa shape index (κ3) is 4.58. The molecule has 4 rings (SSSR count). The lowest BCUT2D eigenvalue weighted by atomic mass is 10.1. The highest BCUT2D eigenvalue weighted by Gasteiger charge is 2.23. The van der Waals surface area contributed by atoms with E-state index in [2.05, 4.69) is 20.8 Å². The number of amides is 1. The molecule has 2 heterocycles. The summed E-state index contributed by atoms with van der Waals surface area (Å²) in [6.07, 6.45) is 0.935. The summed E-state index contributed by atoms with van der Waals surface area (Å²) < 4.78 is 18.5. The number of ether oxygens (including phenoxy) is 3. The number of tetrazole rings is 1. The number of rotatable bonds is 8. The Labute approximate surface area is 184 Å². The second kappa shape index (κ2) is 9.25. The number of carbonyl (C=O) groups excluding carboxylic acids is 1. The number of hydrogen-bond donors (Lipinski definition) is 1. The van der Waals surface area contributed by atoms with Gasteiger partial charge in [0.05, 0.1) is 25.2 Å². The molecule has 10 heteroatoms. The van der Waals surface area contributed by atoms with E-state index in [4.69, 9.17) is 14.2 Å². The maximum atomic E-state index is 12.7. The van der Waals surface area contributed by atoms with Gasteiger partial charge in [-0.15, -0.1) is 5.10 Å². The predicted octanol–water partition coefficient (Wildman–Crippen LogP) is 3.12. The van der Waals surface area contributed by atoms with E-state index in [0.29, 0.717) is 34.6 Å². The first-order chi connectivity index (χ1) is 15.1. The maximum absolute atomic E-state index is 12.7. The Morgan fingerprint density at radius 1 is 1.32 bits per heavy atom. The summed E-state index contributed by atoms with van der Waals surface area (Å²) in [5, 5.41) is 15.2. The van der Waals surface area contributed by atoms with Gasteiger partial charge >= 0.3 is 0 Å². The van der Waals surface area contributed by atoms with Crippen LogP contribution in [0.25, 0.3) is 5.69 Å². The van der Waals surface area contributed by atoms with Gasteiger partial charge in [0.1, 0.15) is 29.0 Å². The Morgan fingerprint density at radius 2 is 2.16 bits per heavy atom. The molecule has 31 heavy (non-hydrogen) atoms. The molecular weight excluding hydrogens is 418 g/mol. The standard InChI is InChI=1S/C21H23N5O4S/c1-4-29-19-10-14-9-13(2)30-18(14)11-15(19)22-20(27)12-31-21-23-24-25-26(21)16-7-5-6-8-17(16)28-3/h5-8,10-11,13H,4,9,12H2,1-3H3,(H,22,27)/t13-/m1/s1. The van der Waals surface area contributed by atoms with E-state index < -0.39 is 0 Å². The van der Waals surface area contributed by atoms with E-state index >= 15 is 0 Å². The van der Waals surface area contributed by atoms with Crippen LogP contribution in [0.5, 0.6) is 17.2 Å². The first-order valence-corrected chi connectivity index (χ1v) is 10.9. The molecule has 0 spiro atoms. The third-order valence-corrected chi connectivity index (χ3v) is 5.58. The Bertz CT molecular complexity index is 1090. The van der Waals surface area contributed by atoms with Crippen LogP contribution in [0.1, 0.15) is 19.4 Å². The number of nitrogens with zero attached hydrogens (tertiary/aromatic N) is 4. The van der Waals surface area contributed by atoms with Crippen molar-refractivity contribution in [3.63, 3.8) is 0 Å². The molecule has 1 aliphatic rings. The van der Waals surface area contributed by atoms with Gasteiger partial charge in [-0.05, 0) is 42.5 Å². The fraction of sp³-hybridized carbons (Fsp3) is 0.333. The number of hydrogen-bond acceptors (Lipinski definition) is 8. The number of nitrogens with one attached hydrogen (secondary N) is 1. The summed E-state index contributed by atoms with van der Waals surface area (Å²) >= 11 is 1.23. The van der Waals surface area contributed by atoms with Crippen LogP contribution in [0.3, 0.4) is 0 Å². The van der Waals surface area contributed by atoms with Crippen LogP contribution in [0.2, 0.25) is 0 Å². The van der Waals surface area contributed by atoms with Crippen LogP contribution >= 0.6 is 11.8 Å². The Kier molecular flexibility index (Phi) is 6.26. The molecule has 162 valence electrons. The quantitative estimate of drug-likeness (QED) is 0.532. The highest BCUT2D eigenvalue weighted by atomic mass is 32.2. The van der Waals surface area contributed by atoms with Crippen molar-refractivity contribution in [2.24, 2.45) is 0 Å². The van der Waals surface area contributed by atoms with Crippen molar-refractivity contribution in [3.05, 3.63) is 42.0 Å². The number of aromatic nitrogens is 4. The van der Waals surface area contributed by atoms with Crippen LogP contribution in [0, 0.1) is 0 Å². The molecule has 0 aliphatic carbocycles. The van der Waals surface area contributed by atoms with Crippen molar-refractivity contribution in [2.45, 2.75) is 31.5 Å². The molecule has 1 aliphatic heterocycles. The monoisotopic (exact) mass is 441 g/mol. The molecule has 1 amide bonds. The highest BCUT2D eigenvalue weighted by Crippen LogP contribution is 2.38. The first kappa shape index (κ1) is 21.0. The molecular formula is C21H23N5O4S. The molecule has 0 unspecified atom stereocenters. The van der Waals surface area contributed by atoms with Crippen LogP contribution in [-0.2, 0) is 11.2 Å². The van der Waals surface area contributed by atoms with Crippen LogP contribution in [0.15, 0.2) is 41.6 Å². The number of carbonyl (C=O) groups is 1.